The average molecular weight is 605 g/mol. The van der Waals surface area contributed by atoms with Crippen LogP contribution in [-0.4, -0.2) is 29.3 Å². The Kier molecular flexibility index (Phi) is 7.55. The highest BCUT2D eigenvalue weighted by molar-refractivity contribution is 5.79. The van der Waals surface area contributed by atoms with Gasteiger partial charge in [-0.25, -0.2) is 0 Å². The van der Waals surface area contributed by atoms with E-state index in [-0.39, 0.29) is 44.9 Å². The molecule has 0 amide bonds. The third-order valence-corrected chi connectivity index (χ3v) is 14.5. The van der Waals surface area contributed by atoms with Gasteiger partial charge in [0.2, 0.25) is 0 Å². The lowest BCUT2D eigenvalue weighted by Crippen LogP contribution is -2.67. The second-order valence-corrected chi connectivity index (χ2v) is 17.6. The molecule has 0 aliphatic heterocycles. The number of aliphatic hydroxyl groups excluding tert-OH is 1. The lowest BCUT2D eigenvalue weighted by atomic mass is 9.33. The Balaban J connectivity index is 1.37. The number of benzene rings is 1. The fourth-order valence-electron chi connectivity index (χ4n) is 11.9. The van der Waals surface area contributed by atoms with Gasteiger partial charge in [0.1, 0.15) is 12.7 Å². The maximum Gasteiger partial charge on any atom is 0.313 e. The summed E-state index contributed by atoms with van der Waals surface area (Å²) in [5.41, 5.74) is 1.86. The number of hydrogen-bond donors (Lipinski definition) is 1. The molecule has 4 fully saturated rings. The van der Waals surface area contributed by atoms with E-state index in [1.807, 2.05) is 30.3 Å². The molecule has 9 atom stereocenters. The summed E-state index contributed by atoms with van der Waals surface area (Å²) in [6.45, 7) is 18.4. The topological polar surface area (TPSA) is 72.8 Å². The van der Waals surface area contributed by atoms with Crippen LogP contribution in [0.4, 0.5) is 0 Å². The van der Waals surface area contributed by atoms with E-state index in [0.29, 0.717) is 24.9 Å². The quantitative estimate of drug-likeness (QED) is 0.276. The number of aliphatic hydroxyl groups is 1. The van der Waals surface area contributed by atoms with Crippen molar-refractivity contribution in [1.29, 1.82) is 0 Å². The first kappa shape index (κ1) is 31.8. The standard InChI is InChI=1S/C39H56O5/c1-25(40)44-29-23-36(6)30(35(4,5)32(29)41)16-17-38(8)31(36)15-14-27-28-22-34(2,3)18-20-39(28,21-19-37(27,38)7)33(42)43-24-26-12-10-9-11-13-26/h9-14,28-32,41H,15-24H2,1-8H3/t28-,29+,30-,31+,32+,36-,37+,38+,39-/m0/s1. The molecular formula is C39H56O5. The minimum Gasteiger partial charge on any atom is -0.460 e. The van der Waals surface area contributed by atoms with Crippen LogP contribution in [0.1, 0.15) is 119 Å². The molecule has 0 radical (unpaired) electrons. The predicted octanol–water partition coefficient (Wildman–Crippen LogP) is 8.43. The van der Waals surface area contributed by atoms with E-state index in [9.17, 15) is 14.7 Å². The zero-order valence-electron chi connectivity index (χ0n) is 28.5. The van der Waals surface area contributed by atoms with Crippen molar-refractivity contribution < 1.29 is 24.2 Å². The SMILES string of the molecule is CC(=O)O[C@@H]1C[C@]2(C)[C@H]3CC=C4[C@@H]5CC(C)(C)CC[C@]5(C(=O)OCc5ccccc5)CC[C@@]4(C)[C@]3(C)CC[C@H]2C(C)(C)[C@@H]1O. The van der Waals surface area contributed by atoms with Gasteiger partial charge in [-0.2, -0.15) is 0 Å². The number of fused-ring (bicyclic) bond motifs is 7. The first-order valence-electron chi connectivity index (χ1n) is 17.3. The van der Waals surface area contributed by atoms with Crippen LogP contribution in [0.25, 0.3) is 0 Å². The summed E-state index contributed by atoms with van der Waals surface area (Å²) in [6, 6.07) is 10.1. The number of hydrogen-bond acceptors (Lipinski definition) is 5. The molecule has 242 valence electrons. The van der Waals surface area contributed by atoms with E-state index in [2.05, 4.69) is 54.5 Å². The summed E-state index contributed by atoms with van der Waals surface area (Å²) in [5.74, 6) is 0.625. The Morgan fingerprint density at radius 1 is 0.886 bits per heavy atom. The van der Waals surface area contributed by atoms with Crippen LogP contribution in [0.15, 0.2) is 42.0 Å². The zero-order chi connectivity index (χ0) is 31.9. The average Bonchev–Trinajstić information content (AvgIpc) is 2.95. The van der Waals surface area contributed by atoms with E-state index in [1.165, 1.54) is 12.5 Å². The molecule has 0 unspecified atom stereocenters. The minimum atomic E-state index is -0.666. The van der Waals surface area contributed by atoms with E-state index >= 15 is 0 Å². The summed E-state index contributed by atoms with van der Waals surface area (Å²) in [4.78, 5) is 26.4. The zero-order valence-corrected chi connectivity index (χ0v) is 28.5. The van der Waals surface area contributed by atoms with Crippen molar-refractivity contribution in [2.75, 3.05) is 0 Å². The molecule has 44 heavy (non-hydrogen) atoms. The molecule has 0 saturated heterocycles. The molecule has 5 aliphatic rings. The molecule has 0 spiro atoms. The van der Waals surface area contributed by atoms with Crippen LogP contribution < -0.4 is 0 Å². The minimum absolute atomic E-state index is 0.00000866. The van der Waals surface area contributed by atoms with Crippen molar-refractivity contribution in [1.82, 2.24) is 0 Å². The van der Waals surface area contributed by atoms with Gasteiger partial charge in [0, 0.05) is 6.92 Å². The van der Waals surface area contributed by atoms with Gasteiger partial charge in [-0.3, -0.25) is 9.59 Å². The second-order valence-electron chi connectivity index (χ2n) is 17.6. The highest BCUT2D eigenvalue weighted by Gasteiger charge is 2.70. The van der Waals surface area contributed by atoms with Crippen LogP contribution >= 0.6 is 0 Å². The van der Waals surface area contributed by atoms with Gasteiger partial charge in [-0.1, -0.05) is 90.4 Å². The molecule has 6 rings (SSSR count). The maximum atomic E-state index is 14.2. The van der Waals surface area contributed by atoms with Gasteiger partial charge in [-0.05, 0) is 108 Å². The largest absolute Gasteiger partial charge is 0.460 e. The van der Waals surface area contributed by atoms with Gasteiger partial charge in [-0.15, -0.1) is 0 Å². The fourth-order valence-corrected chi connectivity index (χ4v) is 11.9. The van der Waals surface area contributed by atoms with Gasteiger partial charge in [0.15, 0.2) is 0 Å². The molecule has 5 aliphatic carbocycles. The lowest BCUT2D eigenvalue weighted by Gasteiger charge is -2.71. The Morgan fingerprint density at radius 3 is 2.25 bits per heavy atom. The van der Waals surface area contributed by atoms with Crippen LogP contribution in [-0.2, 0) is 25.7 Å². The lowest BCUT2D eigenvalue weighted by molar-refractivity contribution is -0.238. The fraction of sp³-hybridized carbons (Fsp3) is 0.744. The number of carbonyl (C=O) groups is 2. The molecule has 5 heteroatoms. The van der Waals surface area contributed by atoms with Crippen LogP contribution in [0, 0.1) is 50.2 Å². The first-order valence-corrected chi connectivity index (χ1v) is 17.3. The smallest absolute Gasteiger partial charge is 0.313 e. The summed E-state index contributed by atoms with van der Waals surface area (Å²) in [5, 5.41) is 11.4. The van der Waals surface area contributed by atoms with Gasteiger partial charge >= 0.3 is 11.9 Å². The molecule has 0 bridgehead atoms. The molecule has 5 nitrogen and oxygen atoms in total. The monoisotopic (exact) mass is 604 g/mol. The van der Waals surface area contributed by atoms with E-state index in [4.69, 9.17) is 9.47 Å². The molecule has 0 heterocycles. The molecule has 0 aromatic heterocycles. The number of carbonyl (C=O) groups excluding carboxylic acids is 2. The van der Waals surface area contributed by atoms with Crippen molar-refractivity contribution in [2.24, 2.45) is 50.2 Å². The molecule has 1 aromatic carbocycles. The van der Waals surface area contributed by atoms with Gasteiger partial charge in [0.05, 0.1) is 11.5 Å². The number of esters is 2. The summed E-state index contributed by atoms with van der Waals surface area (Å²) in [6.07, 6.45) is 10.1. The summed E-state index contributed by atoms with van der Waals surface area (Å²) >= 11 is 0. The van der Waals surface area contributed by atoms with Crippen molar-refractivity contribution in [3.63, 3.8) is 0 Å². The normalized spacial score (nSPS) is 43.7. The van der Waals surface area contributed by atoms with Crippen LogP contribution in [0.3, 0.4) is 0 Å². The number of rotatable bonds is 4. The summed E-state index contributed by atoms with van der Waals surface area (Å²) in [7, 11) is 0. The summed E-state index contributed by atoms with van der Waals surface area (Å²) < 4.78 is 12.0. The van der Waals surface area contributed by atoms with E-state index in [1.54, 1.807) is 0 Å². The predicted molar refractivity (Wildman–Crippen MR) is 172 cm³/mol. The third kappa shape index (κ3) is 4.56. The first-order chi connectivity index (χ1) is 20.5. The molecule has 1 N–H and O–H groups in total. The molecular weight excluding hydrogens is 548 g/mol. The van der Waals surface area contributed by atoms with Gasteiger partial charge in [0.25, 0.3) is 0 Å². The highest BCUT2D eigenvalue weighted by Crippen LogP contribution is 2.76. The third-order valence-electron chi connectivity index (χ3n) is 14.5. The Morgan fingerprint density at radius 2 is 1.57 bits per heavy atom. The Bertz CT molecular complexity index is 1330. The van der Waals surface area contributed by atoms with Gasteiger partial charge < -0.3 is 14.6 Å². The number of allylic oxidation sites excluding steroid dienone is 2. The van der Waals surface area contributed by atoms with Crippen molar-refractivity contribution in [3.8, 4) is 0 Å². The number of ether oxygens (including phenoxy) is 2. The Hall–Kier alpha value is -2.14. The molecule has 1 aromatic rings. The highest BCUT2D eigenvalue weighted by atomic mass is 16.6. The molecule has 4 saturated carbocycles. The van der Waals surface area contributed by atoms with Crippen LogP contribution in [0.2, 0.25) is 0 Å². The van der Waals surface area contributed by atoms with Crippen LogP contribution in [0.5, 0.6) is 0 Å². The maximum absolute atomic E-state index is 14.2. The van der Waals surface area contributed by atoms with Crippen molar-refractivity contribution in [2.45, 2.75) is 132 Å². The van der Waals surface area contributed by atoms with E-state index < -0.39 is 17.6 Å². The van der Waals surface area contributed by atoms with E-state index in [0.717, 1.165) is 56.9 Å². The Labute approximate surface area is 265 Å². The second kappa shape index (κ2) is 10.4. The van der Waals surface area contributed by atoms with Crippen molar-refractivity contribution in [3.05, 3.63) is 47.5 Å². The van der Waals surface area contributed by atoms with Crippen molar-refractivity contribution >= 4 is 11.9 Å².